The van der Waals surface area contributed by atoms with E-state index in [4.69, 9.17) is 37.0 Å². The molecule has 0 rings (SSSR count). The lowest BCUT2D eigenvalue weighted by molar-refractivity contribution is -0.161. The number of hydrogen-bond donors (Lipinski definition) is 3. The van der Waals surface area contributed by atoms with E-state index in [0.717, 1.165) is 127 Å². The molecule has 0 heterocycles. The van der Waals surface area contributed by atoms with Crippen molar-refractivity contribution in [2.24, 2.45) is 11.8 Å². The second kappa shape index (κ2) is 66.4. The lowest BCUT2D eigenvalue weighted by Gasteiger charge is -2.21. The van der Waals surface area contributed by atoms with Gasteiger partial charge in [-0.05, 0) is 63.2 Å². The Morgan fingerprint density at radius 2 is 0.628 bits per heavy atom. The zero-order valence-electron chi connectivity index (χ0n) is 60.7. The number of carbonyl (C=O) groups is 4. The monoisotopic (exact) mass is 1380 g/mol. The molecule has 19 heteroatoms. The number of hydrogen-bond acceptors (Lipinski definition) is 15. The third-order valence-corrected chi connectivity index (χ3v) is 19.1. The number of unbranched alkanes of at least 4 members (excludes halogenated alkanes) is 38. The number of allylic oxidation sites excluding steroid dienone is 4. The van der Waals surface area contributed by atoms with Crippen molar-refractivity contribution in [1.29, 1.82) is 0 Å². The molecule has 0 aromatic heterocycles. The summed E-state index contributed by atoms with van der Waals surface area (Å²) in [7, 11) is -9.92. The largest absolute Gasteiger partial charge is 0.472 e. The topological polar surface area (TPSA) is 237 Å². The van der Waals surface area contributed by atoms with E-state index in [2.05, 4.69) is 65.8 Å². The van der Waals surface area contributed by atoms with Gasteiger partial charge in [0, 0.05) is 25.7 Å². The Labute approximate surface area is 573 Å². The zero-order valence-corrected chi connectivity index (χ0v) is 62.5. The molecular weight excluding hydrogens is 1230 g/mol. The number of rotatable bonds is 72. The molecule has 0 aromatic carbocycles. The molecule has 0 amide bonds. The molecule has 0 fully saturated rings. The quantitative estimate of drug-likeness (QED) is 0.0169. The normalized spacial score (nSPS) is 14.5. The summed E-state index contributed by atoms with van der Waals surface area (Å²) in [6.45, 7) is 9.51. The summed E-state index contributed by atoms with van der Waals surface area (Å²) in [6.07, 6.45) is 56.3. The van der Waals surface area contributed by atoms with Gasteiger partial charge in [-0.2, -0.15) is 0 Å². The van der Waals surface area contributed by atoms with Crippen LogP contribution in [0.3, 0.4) is 0 Å². The van der Waals surface area contributed by atoms with E-state index < -0.39 is 97.5 Å². The lowest BCUT2D eigenvalue weighted by atomic mass is 9.99. The number of carbonyl (C=O) groups excluding carboxylic acids is 4. The second-order valence-electron chi connectivity index (χ2n) is 27.1. The number of phosphoric acid groups is 2. The highest BCUT2D eigenvalue weighted by Gasteiger charge is 2.30. The van der Waals surface area contributed by atoms with Crippen LogP contribution in [-0.4, -0.2) is 96.7 Å². The maximum atomic E-state index is 13.1. The smallest absolute Gasteiger partial charge is 0.462 e. The Morgan fingerprint density at radius 1 is 0.351 bits per heavy atom. The molecule has 0 aliphatic heterocycles. The first kappa shape index (κ1) is 91.5. The molecule has 0 saturated carbocycles. The fourth-order valence-corrected chi connectivity index (χ4v) is 12.5. The summed E-state index contributed by atoms with van der Waals surface area (Å²) < 4.78 is 68.4. The van der Waals surface area contributed by atoms with Crippen LogP contribution in [0.4, 0.5) is 0 Å². The highest BCUT2D eigenvalue weighted by molar-refractivity contribution is 7.47. The van der Waals surface area contributed by atoms with Gasteiger partial charge in [-0.15, -0.1) is 0 Å². The minimum absolute atomic E-state index is 0.101. The molecule has 3 N–H and O–H groups in total. The van der Waals surface area contributed by atoms with Crippen LogP contribution in [0.25, 0.3) is 0 Å². The minimum Gasteiger partial charge on any atom is -0.462 e. The van der Waals surface area contributed by atoms with E-state index >= 15 is 0 Å². The van der Waals surface area contributed by atoms with Crippen molar-refractivity contribution < 1.29 is 80.2 Å². The number of aliphatic hydroxyl groups excluding tert-OH is 1. The average Bonchev–Trinajstić information content (AvgIpc) is 1.44. The summed E-state index contributed by atoms with van der Waals surface area (Å²) in [5, 5.41) is 10.6. The van der Waals surface area contributed by atoms with Gasteiger partial charge in [0.1, 0.15) is 19.3 Å². The van der Waals surface area contributed by atoms with E-state index in [1.54, 1.807) is 0 Å². The number of phosphoric ester groups is 2. The lowest BCUT2D eigenvalue weighted by Crippen LogP contribution is -2.30. The zero-order chi connectivity index (χ0) is 69.3. The Hall–Kier alpha value is -2.46. The Kier molecular flexibility index (Phi) is 64.7. The van der Waals surface area contributed by atoms with Crippen LogP contribution >= 0.6 is 15.6 Å². The SMILES string of the molecule is CCCCCC/C=C\C=C/CCCCCCCC(=O)OC[C@H](COP(=O)(O)OC[C@@H](O)COP(=O)(O)OC[C@@H](COC(=O)CCCCCCCCCC)OC(=O)CCCCCCCCCCC(C)CC)OC(=O)CCCCCCCCCCCCCCCCCCC(C)C. The van der Waals surface area contributed by atoms with Crippen molar-refractivity contribution in [2.75, 3.05) is 39.6 Å². The van der Waals surface area contributed by atoms with Crippen molar-refractivity contribution >= 4 is 39.5 Å². The summed E-state index contributed by atoms with van der Waals surface area (Å²) in [4.78, 5) is 72.6. The molecule has 0 aliphatic carbocycles. The van der Waals surface area contributed by atoms with Gasteiger partial charge >= 0.3 is 39.5 Å². The number of aliphatic hydroxyl groups is 1. The van der Waals surface area contributed by atoms with Crippen molar-refractivity contribution in [3.63, 3.8) is 0 Å². The average molecular weight is 1380 g/mol. The molecule has 0 aliphatic rings. The molecule has 0 radical (unpaired) electrons. The molecule has 94 heavy (non-hydrogen) atoms. The molecule has 6 atom stereocenters. The summed E-state index contributed by atoms with van der Waals surface area (Å²) >= 11 is 0. The third kappa shape index (κ3) is 66.8. The van der Waals surface area contributed by atoms with E-state index in [1.807, 2.05) is 0 Å². The van der Waals surface area contributed by atoms with E-state index in [-0.39, 0.29) is 25.7 Å². The molecule has 0 saturated heterocycles. The first-order valence-electron chi connectivity index (χ1n) is 38.3. The standard InChI is InChI=1S/C75H142O17P2/c1-7-10-12-14-16-18-19-20-23-27-30-33-40-46-52-58-73(78)86-64-71(91-74(79)59-53-47-41-34-31-28-25-22-21-24-26-29-32-37-43-49-55-67(4)5)66-90-94(83,84)88-62-69(76)61-87-93(81,82)89-65-70(63-85-72(77)57-51-45-39-17-15-13-11-8-2)92-75(80)60-54-48-42-36-35-38-44-50-56-68(6)9-3/h18-20,23,67-71,76H,7-17,21-22,24-66H2,1-6H3,(H,81,82)(H,83,84)/b19-18-,23-20-/t68?,69-,70+,71+/m0/s1. The molecule has 0 spiro atoms. The first-order chi connectivity index (χ1) is 45.4. The van der Waals surface area contributed by atoms with Crippen LogP contribution in [-0.2, 0) is 65.4 Å². The van der Waals surface area contributed by atoms with Crippen LogP contribution in [0.1, 0.15) is 363 Å². The van der Waals surface area contributed by atoms with Gasteiger partial charge < -0.3 is 33.8 Å². The molecule has 0 bridgehead atoms. The molecule has 0 aromatic rings. The maximum Gasteiger partial charge on any atom is 0.472 e. The fourth-order valence-electron chi connectivity index (χ4n) is 10.9. The van der Waals surface area contributed by atoms with E-state index in [9.17, 15) is 43.2 Å². The van der Waals surface area contributed by atoms with Crippen LogP contribution in [0.5, 0.6) is 0 Å². The summed E-state index contributed by atoms with van der Waals surface area (Å²) in [5.41, 5.74) is 0. The molecule has 17 nitrogen and oxygen atoms in total. The van der Waals surface area contributed by atoms with Crippen LogP contribution in [0.15, 0.2) is 24.3 Å². The van der Waals surface area contributed by atoms with Gasteiger partial charge in [0.2, 0.25) is 0 Å². The predicted octanol–water partition coefficient (Wildman–Crippen LogP) is 21.5. The predicted molar refractivity (Wildman–Crippen MR) is 381 cm³/mol. The van der Waals surface area contributed by atoms with Gasteiger partial charge in [-0.3, -0.25) is 37.3 Å². The molecular formula is C75H142O17P2. The third-order valence-electron chi connectivity index (χ3n) is 17.2. The van der Waals surface area contributed by atoms with E-state index in [1.165, 1.54) is 154 Å². The summed E-state index contributed by atoms with van der Waals surface area (Å²) in [6, 6.07) is 0. The first-order valence-corrected chi connectivity index (χ1v) is 41.3. The highest BCUT2D eigenvalue weighted by atomic mass is 31.2. The Morgan fingerprint density at radius 3 is 0.957 bits per heavy atom. The Balaban J connectivity index is 5.25. The van der Waals surface area contributed by atoms with Crippen LogP contribution in [0, 0.1) is 11.8 Å². The van der Waals surface area contributed by atoms with Crippen molar-refractivity contribution in [3.05, 3.63) is 24.3 Å². The maximum absolute atomic E-state index is 13.1. The van der Waals surface area contributed by atoms with Crippen molar-refractivity contribution in [2.45, 2.75) is 381 Å². The van der Waals surface area contributed by atoms with Gasteiger partial charge in [0.05, 0.1) is 26.4 Å². The van der Waals surface area contributed by atoms with Crippen molar-refractivity contribution in [3.8, 4) is 0 Å². The van der Waals surface area contributed by atoms with Crippen LogP contribution in [0.2, 0.25) is 0 Å². The summed E-state index contributed by atoms with van der Waals surface area (Å²) in [5.74, 6) is -0.576. The van der Waals surface area contributed by atoms with Crippen molar-refractivity contribution in [1.82, 2.24) is 0 Å². The second-order valence-corrected chi connectivity index (χ2v) is 30.0. The van der Waals surface area contributed by atoms with Crippen LogP contribution < -0.4 is 0 Å². The fraction of sp³-hybridized carbons (Fsp3) is 0.893. The van der Waals surface area contributed by atoms with E-state index in [0.29, 0.717) is 25.7 Å². The van der Waals surface area contributed by atoms with Gasteiger partial charge in [-0.25, -0.2) is 9.13 Å². The number of esters is 4. The molecule has 554 valence electrons. The highest BCUT2D eigenvalue weighted by Crippen LogP contribution is 2.45. The van der Waals surface area contributed by atoms with Gasteiger partial charge in [0.25, 0.3) is 0 Å². The molecule has 3 unspecified atom stereocenters. The Bertz CT molecular complexity index is 1920. The van der Waals surface area contributed by atoms with Gasteiger partial charge in [-0.1, -0.05) is 310 Å². The van der Waals surface area contributed by atoms with Gasteiger partial charge in [0.15, 0.2) is 12.2 Å². The number of ether oxygens (including phenoxy) is 4. The minimum atomic E-state index is -4.96.